The number of hydrogen-bond acceptors (Lipinski definition) is 4. The van der Waals surface area contributed by atoms with Crippen molar-refractivity contribution in [3.8, 4) is 0 Å². The van der Waals surface area contributed by atoms with Gasteiger partial charge >= 0.3 is 5.97 Å². The summed E-state index contributed by atoms with van der Waals surface area (Å²) >= 11 is 0. The number of benzene rings is 1. The van der Waals surface area contributed by atoms with E-state index in [2.05, 4.69) is 10.3 Å². The van der Waals surface area contributed by atoms with Gasteiger partial charge < -0.3 is 10.6 Å². The van der Waals surface area contributed by atoms with Crippen molar-refractivity contribution in [1.29, 1.82) is 0 Å². The van der Waals surface area contributed by atoms with Crippen LogP contribution in [0.4, 0.5) is 0 Å². The lowest BCUT2D eigenvalue weighted by Gasteiger charge is -2.01. The third kappa shape index (κ3) is 3.94. The van der Waals surface area contributed by atoms with Gasteiger partial charge in [-0.3, -0.25) is 4.68 Å². The number of carbonyl (C=O) groups is 1. The van der Waals surface area contributed by atoms with Crippen molar-refractivity contribution in [2.24, 2.45) is 10.9 Å². The maximum atomic E-state index is 11.5. The molecule has 0 spiro atoms. The van der Waals surface area contributed by atoms with Crippen molar-refractivity contribution in [3.05, 3.63) is 53.9 Å². The lowest BCUT2D eigenvalue weighted by molar-refractivity contribution is -0.143. The second-order valence-corrected chi connectivity index (χ2v) is 4.34. The number of oxime groups is 1. The van der Waals surface area contributed by atoms with Gasteiger partial charge in [-0.2, -0.15) is 5.10 Å². The summed E-state index contributed by atoms with van der Waals surface area (Å²) in [4.78, 5) is 16.3. The van der Waals surface area contributed by atoms with Gasteiger partial charge in [0.2, 0.25) is 0 Å². The maximum absolute atomic E-state index is 11.5. The number of amidine groups is 1. The second-order valence-electron chi connectivity index (χ2n) is 4.34. The molecule has 2 rings (SSSR count). The smallest absolute Gasteiger partial charge is 0.336 e. The quantitative estimate of drug-likeness (QED) is 0.386. The molecule has 0 radical (unpaired) electrons. The molecule has 104 valence electrons. The van der Waals surface area contributed by atoms with Crippen LogP contribution in [0, 0.1) is 6.92 Å². The van der Waals surface area contributed by atoms with Crippen LogP contribution in [0.25, 0.3) is 0 Å². The topological polar surface area (TPSA) is 82.5 Å². The largest absolute Gasteiger partial charge is 0.380 e. The van der Waals surface area contributed by atoms with Crippen molar-refractivity contribution < 1.29 is 9.63 Å². The highest BCUT2D eigenvalue weighted by Crippen LogP contribution is 2.00. The lowest BCUT2D eigenvalue weighted by atomic mass is 10.2. The zero-order valence-electron chi connectivity index (χ0n) is 11.2. The molecule has 0 unspecified atom stereocenters. The van der Waals surface area contributed by atoms with Gasteiger partial charge in [0.15, 0.2) is 5.84 Å². The number of carbonyl (C=O) groups excluding carboxylic acids is 1. The zero-order chi connectivity index (χ0) is 14.4. The van der Waals surface area contributed by atoms with Crippen molar-refractivity contribution in [1.82, 2.24) is 9.78 Å². The highest BCUT2D eigenvalue weighted by molar-refractivity contribution is 5.97. The molecule has 0 amide bonds. The average molecular weight is 272 g/mol. The van der Waals surface area contributed by atoms with E-state index in [1.807, 2.05) is 31.3 Å². The second kappa shape index (κ2) is 6.51. The third-order valence-corrected chi connectivity index (χ3v) is 2.62. The Morgan fingerprint density at radius 2 is 2.15 bits per heavy atom. The molecule has 1 aromatic carbocycles. The van der Waals surface area contributed by atoms with E-state index in [4.69, 9.17) is 10.6 Å². The van der Waals surface area contributed by atoms with Crippen LogP contribution in [0.1, 0.15) is 17.5 Å². The van der Waals surface area contributed by atoms with Gasteiger partial charge in [-0.15, -0.1) is 0 Å². The van der Waals surface area contributed by atoms with Crippen LogP contribution in [0.5, 0.6) is 0 Å². The fraction of sp³-hybridized carbons (Fsp3) is 0.214. The first-order valence-corrected chi connectivity index (χ1v) is 6.23. The van der Waals surface area contributed by atoms with Crippen LogP contribution >= 0.6 is 0 Å². The number of rotatable bonds is 5. The van der Waals surface area contributed by atoms with E-state index >= 15 is 0 Å². The molecular weight excluding hydrogens is 256 g/mol. The predicted molar refractivity (Wildman–Crippen MR) is 74.8 cm³/mol. The fourth-order valence-corrected chi connectivity index (χ4v) is 1.60. The van der Waals surface area contributed by atoms with Gasteiger partial charge in [-0.25, -0.2) is 4.79 Å². The Labute approximate surface area is 116 Å². The summed E-state index contributed by atoms with van der Waals surface area (Å²) in [7, 11) is 0. The molecule has 0 saturated heterocycles. The minimum absolute atomic E-state index is 0.175. The molecule has 2 aromatic rings. The number of hydrogen-bond donors (Lipinski definition) is 1. The van der Waals surface area contributed by atoms with Crippen molar-refractivity contribution >= 4 is 11.8 Å². The van der Waals surface area contributed by atoms with E-state index in [-0.39, 0.29) is 12.3 Å². The predicted octanol–water partition coefficient (Wildman–Crippen LogP) is 1.45. The SMILES string of the molecule is Cc1cnn(CCC(=O)O/N=C(\N)c2ccccc2)c1. The molecule has 1 aromatic heterocycles. The van der Waals surface area contributed by atoms with E-state index in [1.165, 1.54) is 0 Å². The molecule has 0 fully saturated rings. The first-order chi connectivity index (χ1) is 9.65. The number of nitrogens with zero attached hydrogens (tertiary/aromatic N) is 3. The van der Waals surface area contributed by atoms with Gasteiger partial charge in [-0.05, 0) is 12.5 Å². The molecule has 6 heteroatoms. The third-order valence-electron chi connectivity index (χ3n) is 2.62. The van der Waals surface area contributed by atoms with Crippen LogP contribution < -0.4 is 5.73 Å². The van der Waals surface area contributed by atoms with Gasteiger partial charge in [0.05, 0.1) is 19.2 Å². The van der Waals surface area contributed by atoms with Crippen LogP contribution in [-0.4, -0.2) is 21.6 Å². The number of nitrogens with two attached hydrogens (primary N) is 1. The lowest BCUT2D eigenvalue weighted by Crippen LogP contribution is -2.15. The van der Waals surface area contributed by atoms with Crippen LogP contribution in [0.3, 0.4) is 0 Å². The van der Waals surface area contributed by atoms with Gasteiger partial charge in [0.25, 0.3) is 0 Å². The van der Waals surface area contributed by atoms with Crippen molar-refractivity contribution in [2.45, 2.75) is 19.9 Å². The molecule has 6 nitrogen and oxygen atoms in total. The molecule has 0 bridgehead atoms. The number of aryl methyl sites for hydroxylation is 2. The van der Waals surface area contributed by atoms with Crippen molar-refractivity contribution in [3.63, 3.8) is 0 Å². The average Bonchev–Trinajstić information content (AvgIpc) is 2.89. The van der Waals surface area contributed by atoms with Crippen LogP contribution in [0.2, 0.25) is 0 Å². The van der Waals surface area contributed by atoms with E-state index < -0.39 is 5.97 Å². The summed E-state index contributed by atoms with van der Waals surface area (Å²) in [5.74, 6) is -0.272. The van der Waals surface area contributed by atoms with Crippen LogP contribution in [-0.2, 0) is 16.2 Å². The summed E-state index contributed by atoms with van der Waals surface area (Å²) in [6, 6.07) is 9.12. The Balaban J connectivity index is 1.83. The molecule has 0 atom stereocenters. The molecule has 0 aliphatic rings. The van der Waals surface area contributed by atoms with E-state index in [9.17, 15) is 4.79 Å². The molecule has 1 heterocycles. The summed E-state index contributed by atoms with van der Waals surface area (Å²) in [6.45, 7) is 2.39. The van der Waals surface area contributed by atoms with E-state index in [0.717, 1.165) is 5.56 Å². The summed E-state index contributed by atoms with van der Waals surface area (Å²) in [6.07, 6.45) is 3.78. The molecule has 20 heavy (non-hydrogen) atoms. The minimum atomic E-state index is -0.447. The maximum Gasteiger partial charge on any atom is 0.336 e. The van der Waals surface area contributed by atoms with Gasteiger partial charge in [-0.1, -0.05) is 35.5 Å². The van der Waals surface area contributed by atoms with Gasteiger partial charge in [0, 0.05) is 11.8 Å². The van der Waals surface area contributed by atoms with E-state index in [1.54, 1.807) is 23.0 Å². The summed E-state index contributed by atoms with van der Waals surface area (Å²) < 4.78 is 1.68. The molecule has 0 aliphatic heterocycles. The Hall–Kier alpha value is -2.63. The first kappa shape index (κ1) is 13.8. The summed E-state index contributed by atoms with van der Waals surface area (Å²) in [5, 5.41) is 7.71. The minimum Gasteiger partial charge on any atom is -0.380 e. The first-order valence-electron chi connectivity index (χ1n) is 6.23. The Morgan fingerprint density at radius 1 is 1.40 bits per heavy atom. The fourth-order valence-electron chi connectivity index (χ4n) is 1.60. The molecular formula is C14H16N4O2. The normalized spacial score (nSPS) is 11.3. The molecule has 2 N–H and O–H groups in total. The van der Waals surface area contributed by atoms with Crippen molar-refractivity contribution in [2.75, 3.05) is 0 Å². The van der Waals surface area contributed by atoms with E-state index in [0.29, 0.717) is 12.1 Å². The monoisotopic (exact) mass is 272 g/mol. The molecule has 0 saturated carbocycles. The zero-order valence-corrected chi connectivity index (χ0v) is 11.2. The Morgan fingerprint density at radius 3 is 2.80 bits per heavy atom. The molecule has 0 aliphatic carbocycles. The highest BCUT2D eigenvalue weighted by atomic mass is 16.7. The summed E-state index contributed by atoms with van der Waals surface area (Å²) in [5.41, 5.74) is 7.47. The van der Waals surface area contributed by atoms with Crippen LogP contribution in [0.15, 0.2) is 47.9 Å². The Kier molecular flexibility index (Phi) is 4.49. The standard InChI is InChI=1S/C14H16N4O2/c1-11-9-16-18(10-11)8-7-13(19)20-17-14(15)12-5-3-2-4-6-12/h2-6,9-10H,7-8H2,1H3,(H2,15,17). The number of aromatic nitrogens is 2. The highest BCUT2D eigenvalue weighted by Gasteiger charge is 2.05. The Bertz CT molecular complexity index is 605. The van der Waals surface area contributed by atoms with Gasteiger partial charge in [0.1, 0.15) is 0 Å².